The Kier molecular flexibility index (Phi) is 3.27. The average Bonchev–Trinajstić information content (AvgIpc) is 2.26. The predicted molar refractivity (Wildman–Crippen MR) is 60.5 cm³/mol. The number of pyridine rings is 1. The fraction of sp³-hybridized carbons (Fsp3) is 0.417. The molecule has 1 aromatic rings. The molecule has 1 saturated carbocycles. The second kappa shape index (κ2) is 4.72. The molecule has 2 rings (SSSR count). The highest BCUT2D eigenvalue weighted by Gasteiger charge is 2.40. The number of aromatic nitrogens is 1. The Hall–Kier alpha value is -1.98. The molecular formula is C12H13FN2O3. The minimum absolute atomic E-state index is 0.0908. The Bertz CT molecular complexity index is 469. The van der Waals surface area contributed by atoms with Crippen molar-refractivity contribution in [2.75, 3.05) is 0 Å². The van der Waals surface area contributed by atoms with Gasteiger partial charge in [-0.05, 0) is 31.4 Å². The van der Waals surface area contributed by atoms with Crippen molar-refractivity contribution in [3.05, 3.63) is 29.8 Å². The number of hydrogen-bond acceptors (Lipinski definition) is 3. The lowest BCUT2D eigenvalue weighted by molar-refractivity contribution is -0.139. The van der Waals surface area contributed by atoms with Gasteiger partial charge in [-0.1, -0.05) is 0 Å². The van der Waals surface area contributed by atoms with Crippen molar-refractivity contribution in [2.24, 2.45) is 0 Å². The van der Waals surface area contributed by atoms with E-state index in [1.165, 1.54) is 6.07 Å². The quantitative estimate of drug-likeness (QED) is 0.847. The van der Waals surface area contributed by atoms with Crippen LogP contribution >= 0.6 is 0 Å². The maximum Gasteiger partial charge on any atom is 0.305 e. The molecule has 5 nitrogen and oxygen atoms in total. The summed E-state index contributed by atoms with van der Waals surface area (Å²) < 4.78 is 12.7. The summed E-state index contributed by atoms with van der Waals surface area (Å²) in [6.07, 6.45) is 3.04. The van der Waals surface area contributed by atoms with Crippen molar-refractivity contribution < 1.29 is 19.1 Å². The number of halogens is 1. The number of carboxylic acid groups (broad SMARTS) is 1. The zero-order valence-corrected chi connectivity index (χ0v) is 9.65. The summed E-state index contributed by atoms with van der Waals surface area (Å²) >= 11 is 0. The number of hydrogen-bond donors (Lipinski definition) is 2. The van der Waals surface area contributed by atoms with Gasteiger partial charge in [-0.25, -0.2) is 9.37 Å². The van der Waals surface area contributed by atoms with Crippen LogP contribution in [0.1, 0.15) is 36.2 Å². The monoisotopic (exact) mass is 252 g/mol. The van der Waals surface area contributed by atoms with E-state index in [2.05, 4.69) is 10.3 Å². The smallest absolute Gasteiger partial charge is 0.305 e. The van der Waals surface area contributed by atoms with Crippen molar-refractivity contribution in [1.82, 2.24) is 10.3 Å². The SMILES string of the molecule is O=C(O)CC1(NC(=O)c2ccc(F)cn2)CCC1. The Morgan fingerprint density at radius 3 is 2.61 bits per heavy atom. The maximum atomic E-state index is 12.7. The van der Waals surface area contributed by atoms with Gasteiger partial charge in [-0.2, -0.15) is 0 Å². The molecule has 6 heteroatoms. The van der Waals surface area contributed by atoms with Crippen LogP contribution in [0.25, 0.3) is 0 Å². The zero-order valence-electron chi connectivity index (χ0n) is 9.65. The molecule has 18 heavy (non-hydrogen) atoms. The molecule has 0 spiro atoms. The Morgan fingerprint density at radius 2 is 2.17 bits per heavy atom. The molecule has 0 radical (unpaired) electrons. The minimum atomic E-state index is -0.943. The highest BCUT2D eigenvalue weighted by atomic mass is 19.1. The van der Waals surface area contributed by atoms with Crippen LogP contribution in [0.4, 0.5) is 4.39 Å². The first-order valence-corrected chi connectivity index (χ1v) is 5.67. The molecule has 0 saturated heterocycles. The summed E-state index contributed by atoms with van der Waals surface area (Å²) in [7, 11) is 0. The van der Waals surface area contributed by atoms with Gasteiger partial charge in [-0.15, -0.1) is 0 Å². The van der Waals surface area contributed by atoms with Crippen LogP contribution in [0.15, 0.2) is 18.3 Å². The lowest BCUT2D eigenvalue weighted by atomic mass is 9.74. The average molecular weight is 252 g/mol. The van der Waals surface area contributed by atoms with Crippen molar-refractivity contribution in [3.63, 3.8) is 0 Å². The largest absolute Gasteiger partial charge is 0.481 e. The Morgan fingerprint density at radius 1 is 1.44 bits per heavy atom. The van der Waals surface area contributed by atoms with Crippen LogP contribution in [-0.2, 0) is 4.79 Å². The van der Waals surface area contributed by atoms with Crippen molar-refractivity contribution in [1.29, 1.82) is 0 Å². The molecule has 96 valence electrons. The van der Waals surface area contributed by atoms with Gasteiger partial charge < -0.3 is 10.4 Å². The number of nitrogens with one attached hydrogen (secondary N) is 1. The molecule has 1 heterocycles. The second-order valence-electron chi connectivity index (χ2n) is 4.52. The topological polar surface area (TPSA) is 79.3 Å². The number of carboxylic acids is 1. The van der Waals surface area contributed by atoms with Crippen LogP contribution < -0.4 is 5.32 Å². The van der Waals surface area contributed by atoms with E-state index in [1.807, 2.05) is 0 Å². The highest BCUT2D eigenvalue weighted by molar-refractivity contribution is 5.93. The van der Waals surface area contributed by atoms with E-state index in [-0.39, 0.29) is 12.1 Å². The number of rotatable bonds is 4. The molecular weight excluding hydrogens is 239 g/mol. The first kappa shape index (κ1) is 12.5. The molecule has 0 aromatic carbocycles. The van der Waals surface area contributed by atoms with Gasteiger partial charge in [0.1, 0.15) is 11.5 Å². The van der Waals surface area contributed by atoms with E-state index in [9.17, 15) is 14.0 Å². The van der Waals surface area contributed by atoms with Gasteiger partial charge in [0.25, 0.3) is 5.91 Å². The summed E-state index contributed by atoms with van der Waals surface area (Å²) in [5.41, 5.74) is -0.577. The van der Waals surface area contributed by atoms with Crippen LogP contribution in [0.3, 0.4) is 0 Å². The number of nitrogens with zero attached hydrogens (tertiary/aromatic N) is 1. The number of carbonyl (C=O) groups excluding carboxylic acids is 1. The Labute approximate surface area is 103 Å². The van der Waals surface area contributed by atoms with Gasteiger partial charge in [0.2, 0.25) is 0 Å². The molecule has 1 aliphatic rings. The molecule has 1 aromatic heterocycles. The predicted octanol–water partition coefficient (Wildman–Crippen LogP) is 1.35. The van der Waals surface area contributed by atoms with Crippen LogP contribution in [0.5, 0.6) is 0 Å². The van der Waals surface area contributed by atoms with Crippen LogP contribution in [0, 0.1) is 5.82 Å². The van der Waals surface area contributed by atoms with Crippen molar-refractivity contribution in [2.45, 2.75) is 31.2 Å². The first-order chi connectivity index (χ1) is 8.51. The standard InChI is InChI=1S/C12H13FN2O3/c13-8-2-3-9(14-7-8)11(18)15-12(4-1-5-12)6-10(16)17/h2-3,7H,1,4-6H2,(H,15,18)(H,16,17). The van der Waals surface area contributed by atoms with Gasteiger partial charge in [0.15, 0.2) is 0 Å². The third kappa shape index (κ3) is 2.64. The highest BCUT2D eigenvalue weighted by Crippen LogP contribution is 2.35. The van der Waals surface area contributed by atoms with E-state index in [0.29, 0.717) is 12.8 Å². The lowest BCUT2D eigenvalue weighted by Gasteiger charge is -2.41. The molecule has 0 unspecified atom stereocenters. The summed E-state index contributed by atoms with van der Waals surface area (Å²) in [5, 5.41) is 11.5. The van der Waals surface area contributed by atoms with Crippen LogP contribution in [-0.4, -0.2) is 27.5 Å². The Balaban J connectivity index is 2.06. The lowest BCUT2D eigenvalue weighted by Crippen LogP contribution is -2.54. The van der Waals surface area contributed by atoms with E-state index >= 15 is 0 Å². The number of aliphatic carboxylic acids is 1. The molecule has 0 aliphatic heterocycles. The number of amides is 1. The summed E-state index contributed by atoms with van der Waals surface area (Å²) in [5.74, 6) is -1.92. The summed E-state index contributed by atoms with van der Waals surface area (Å²) in [6, 6.07) is 2.42. The van der Waals surface area contributed by atoms with Crippen molar-refractivity contribution in [3.8, 4) is 0 Å². The van der Waals surface area contributed by atoms with Gasteiger partial charge in [0, 0.05) is 0 Å². The van der Waals surface area contributed by atoms with E-state index in [1.54, 1.807) is 0 Å². The summed E-state index contributed by atoms with van der Waals surface area (Å²) in [4.78, 5) is 26.3. The van der Waals surface area contributed by atoms with E-state index in [0.717, 1.165) is 18.7 Å². The molecule has 1 amide bonds. The first-order valence-electron chi connectivity index (χ1n) is 5.67. The van der Waals surface area contributed by atoms with Crippen molar-refractivity contribution >= 4 is 11.9 Å². The van der Waals surface area contributed by atoms with E-state index < -0.39 is 23.2 Å². The minimum Gasteiger partial charge on any atom is -0.481 e. The normalized spacial score (nSPS) is 16.7. The van der Waals surface area contributed by atoms with Crippen LogP contribution in [0.2, 0.25) is 0 Å². The third-order valence-electron chi connectivity index (χ3n) is 3.14. The number of carbonyl (C=O) groups is 2. The third-order valence-corrected chi connectivity index (χ3v) is 3.14. The summed E-state index contributed by atoms with van der Waals surface area (Å²) in [6.45, 7) is 0. The fourth-order valence-electron chi connectivity index (χ4n) is 2.05. The molecule has 0 atom stereocenters. The fourth-order valence-corrected chi connectivity index (χ4v) is 2.05. The van der Waals surface area contributed by atoms with Gasteiger partial charge in [0.05, 0.1) is 18.2 Å². The van der Waals surface area contributed by atoms with E-state index in [4.69, 9.17) is 5.11 Å². The molecule has 1 aliphatic carbocycles. The second-order valence-corrected chi connectivity index (χ2v) is 4.52. The zero-order chi connectivity index (χ0) is 13.2. The maximum absolute atomic E-state index is 12.7. The van der Waals surface area contributed by atoms with Gasteiger partial charge in [-0.3, -0.25) is 9.59 Å². The molecule has 0 bridgehead atoms. The molecule has 1 fully saturated rings. The molecule has 2 N–H and O–H groups in total. The van der Waals surface area contributed by atoms with Gasteiger partial charge >= 0.3 is 5.97 Å².